The number of aromatic nitrogens is 1. The third kappa shape index (κ3) is 4.86. The van der Waals surface area contributed by atoms with Crippen LogP contribution in [0.1, 0.15) is 15.9 Å². The number of hydrogen-bond donors (Lipinski definition) is 1. The monoisotopic (exact) mass is 420 g/mol. The van der Waals surface area contributed by atoms with Gasteiger partial charge in [-0.2, -0.15) is 13.2 Å². The molecule has 1 heterocycles. The molecule has 3 aromatic rings. The molecule has 0 saturated carbocycles. The van der Waals surface area contributed by atoms with Crippen molar-refractivity contribution in [3.63, 3.8) is 0 Å². The van der Waals surface area contributed by atoms with Crippen LogP contribution in [0.2, 0.25) is 0 Å². The molecule has 3 rings (SSSR count). The average Bonchev–Trinajstić information content (AvgIpc) is 2.71. The predicted molar refractivity (Wildman–Crippen MR) is 104 cm³/mol. The standard InChI is InChI=1S/C20H15F3N2O3S/c1-29-13-8-6-12(7-9-13)25-17(26)11-28-19(27)15-10-24-16-5-3-2-4-14(16)18(15)20(21,22)23/h2-10H,11H2,1H3,(H,25,26). The maximum Gasteiger partial charge on any atom is 0.417 e. The van der Waals surface area contributed by atoms with Crippen molar-refractivity contribution in [2.75, 3.05) is 18.2 Å². The van der Waals surface area contributed by atoms with E-state index < -0.39 is 35.8 Å². The number of anilines is 1. The van der Waals surface area contributed by atoms with Gasteiger partial charge in [0.25, 0.3) is 5.91 Å². The van der Waals surface area contributed by atoms with Gasteiger partial charge < -0.3 is 10.1 Å². The van der Waals surface area contributed by atoms with Crippen LogP contribution in [0.5, 0.6) is 0 Å². The molecule has 0 fully saturated rings. The molecule has 9 heteroatoms. The van der Waals surface area contributed by atoms with Crippen LogP contribution >= 0.6 is 11.8 Å². The Morgan fingerprint density at radius 1 is 1.10 bits per heavy atom. The van der Waals surface area contributed by atoms with Crippen LogP contribution in [0.3, 0.4) is 0 Å². The average molecular weight is 420 g/mol. The Balaban J connectivity index is 1.75. The maximum absolute atomic E-state index is 13.6. The molecule has 0 aliphatic carbocycles. The van der Waals surface area contributed by atoms with Crippen LogP contribution in [0.15, 0.2) is 59.6 Å². The molecule has 0 bridgehead atoms. The zero-order valence-corrected chi connectivity index (χ0v) is 15.9. The van der Waals surface area contributed by atoms with E-state index in [2.05, 4.69) is 10.3 Å². The van der Waals surface area contributed by atoms with Crippen LogP contribution in [0.4, 0.5) is 18.9 Å². The Bertz CT molecular complexity index is 1050. The minimum atomic E-state index is -4.79. The highest BCUT2D eigenvalue weighted by atomic mass is 32.2. The number of para-hydroxylation sites is 1. The summed E-state index contributed by atoms with van der Waals surface area (Å²) in [7, 11) is 0. The van der Waals surface area contributed by atoms with Crippen LogP contribution in [0.25, 0.3) is 10.9 Å². The van der Waals surface area contributed by atoms with E-state index in [1.807, 2.05) is 6.26 Å². The quantitative estimate of drug-likeness (QED) is 0.476. The fraction of sp³-hybridized carbons (Fsp3) is 0.150. The van der Waals surface area contributed by atoms with Crippen molar-refractivity contribution in [2.24, 2.45) is 0 Å². The molecule has 0 radical (unpaired) electrons. The predicted octanol–water partition coefficient (Wildman–Crippen LogP) is 4.77. The number of ether oxygens (including phenoxy) is 1. The minimum Gasteiger partial charge on any atom is -0.452 e. The van der Waals surface area contributed by atoms with E-state index in [0.29, 0.717) is 5.69 Å². The Hall–Kier alpha value is -3.07. The summed E-state index contributed by atoms with van der Waals surface area (Å²) in [6.45, 7) is -0.729. The van der Waals surface area contributed by atoms with Gasteiger partial charge in [-0.05, 0) is 36.6 Å². The van der Waals surface area contributed by atoms with Gasteiger partial charge in [-0.3, -0.25) is 9.78 Å². The summed E-state index contributed by atoms with van der Waals surface area (Å²) < 4.78 is 45.5. The molecule has 29 heavy (non-hydrogen) atoms. The van der Waals surface area contributed by atoms with Gasteiger partial charge in [0.15, 0.2) is 6.61 Å². The first-order chi connectivity index (χ1) is 13.8. The van der Waals surface area contributed by atoms with E-state index in [1.165, 1.54) is 30.0 Å². The number of rotatable bonds is 5. The number of esters is 1. The van der Waals surface area contributed by atoms with E-state index in [4.69, 9.17) is 4.74 Å². The zero-order valence-electron chi connectivity index (χ0n) is 15.1. The van der Waals surface area contributed by atoms with Crippen LogP contribution in [-0.4, -0.2) is 29.7 Å². The molecule has 0 unspecified atom stereocenters. The first-order valence-corrected chi connectivity index (χ1v) is 9.58. The third-order valence-corrected chi connectivity index (χ3v) is 4.73. The fourth-order valence-electron chi connectivity index (χ4n) is 2.68. The summed E-state index contributed by atoms with van der Waals surface area (Å²) in [5.74, 6) is -1.94. The van der Waals surface area contributed by atoms with Gasteiger partial charge in [-0.15, -0.1) is 11.8 Å². The normalized spacial score (nSPS) is 11.3. The third-order valence-electron chi connectivity index (χ3n) is 3.99. The number of carbonyl (C=O) groups excluding carboxylic acids is 2. The number of nitrogens with one attached hydrogen (secondary N) is 1. The van der Waals surface area contributed by atoms with Gasteiger partial charge in [0, 0.05) is 22.2 Å². The lowest BCUT2D eigenvalue weighted by Crippen LogP contribution is -2.23. The molecule has 0 atom stereocenters. The smallest absolute Gasteiger partial charge is 0.417 e. The molecule has 5 nitrogen and oxygen atoms in total. The lowest BCUT2D eigenvalue weighted by atomic mass is 10.0. The maximum atomic E-state index is 13.6. The van der Waals surface area contributed by atoms with Crippen LogP contribution in [-0.2, 0) is 15.7 Å². The summed E-state index contributed by atoms with van der Waals surface area (Å²) in [4.78, 5) is 29.1. The molecule has 1 amide bonds. The van der Waals surface area contributed by atoms with Crippen molar-refractivity contribution in [3.05, 3.63) is 65.9 Å². The van der Waals surface area contributed by atoms with Crippen molar-refractivity contribution in [3.8, 4) is 0 Å². The number of hydrogen-bond acceptors (Lipinski definition) is 5. The number of pyridine rings is 1. The van der Waals surface area contributed by atoms with Crippen LogP contribution < -0.4 is 5.32 Å². The Morgan fingerprint density at radius 3 is 2.45 bits per heavy atom. The summed E-state index contributed by atoms with van der Waals surface area (Å²) in [5.41, 5.74) is -1.30. The molecule has 0 aliphatic rings. The number of benzene rings is 2. The molecule has 1 aromatic heterocycles. The number of fused-ring (bicyclic) bond motifs is 1. The van der Waals surface area contributed by atoms with Gasteiger partial charge in [-0.1, -0.05) is 18.2 Å². The summed E-state index contributed by atoms with van der Waals surface area (Å²) in [6, 6.07) is 12.5. The Kier molecular flexibility index (Phi) is 6.07. The minimum absolute atomic E-state index is 0.0998. The van der Waals surface area contributed by atoms with E-state index in [-0.39, 0.29) is 10.9 Å². The van der Waals surface area contributed by atoms with Gasteiger partial charge >= 0.3 is 12.1 Å². The molecular weight excluding hydrogens is 405 g/mol. The highest BCUT2D eigenvalue weighted by molar-refractivity contribution is 7.98. The van der Waals surface area contributed by atoms with E-state index >= 15 is 0 Å². The number of carbonyl (C=O) groups is 2. The first-order valence-electron chi connectivity index (χ1n) is 8.35. The van der Waals surface area contributed by atoms with Crippen molar-refractivity contribution in [1.82, 2.24) is 4.98 Å². The summed E-state index contributed by atoms with van der Waals surface area (Å²) in [6.07, 6.45) is -2.07. The second-order valence-electron chi connectivity index (χ2n) is 5.91. The zero-order chi connectivity index (χ0) is 21.0. The number of amides is 1. The van der Waals surface area contributed by atoms with Gasteiger partial charge in [0.2, 0.25) is 0 Å². The summed E-state index contributed by atoms with van der Waals surface area (Å²) in [5, 5.41) is 2.30. The molecule has 0 spiro atoms. The van der Waals surface area contributed by atoms with Gasteiger partial charge in [-0.25, -0.2) is 4.79 Å². The number of nitrogens with zero attached hydrogens (tertiary/aromatic N) is 1. The molecule has 1 N–H and O–H groups in total. The Labute approximate surface area is 168 Å². The Morgan fingerprint density at radius 2 is 1.79 bits per heavy atom. The van der Waals surface area contributed by atoms with E-state index in [9.17, 15) is 22.8 Å². The van der Waals surface area contributed by atoms with E-state index in [0.717, 1.165) is 11.1 Å². The lowest BCUT2D eigenvalue weighted by Gasteiger charge is -2.14. The summed E-state index contributed by atoms with van der Waals surface area (Å²) >= 11 is 1.53. The molecule has 0 saturated heterocycles. The number of halogens is 3. The van der Waals surface area contributed by atoms with E-state index in [1.54, 1.807) is 30.3 Å². The lowest BCUT2D eigenvalue weighted by molar-refractivity contribution is -0.136. The van der Waals surface area contributed by atoms with Crippen molar-refractivity contribution in [1.29, 1.82) is 0 Å². The number of alkyl halides is 3. The van der Waals surface area contributed by atoms with Crippen molar-refractivity contribution in [2.45, 2.75) is 11.1 Å². The van der Waals surface area contributed by atoms with Gasteiger partial charge in [0.1, 0.15) is 0 Å². The second kappa shape index (κ2) is 8.52. The molecule has 0 aliphatic heterocycles. The highest BCUT2D eigenvalue weighted by Gasteiger charge is 2.38. The second-order valence-corrected chi connectivity index (χ2v) is 6.79. The topological polar surface area (TPSA) is 68.3 Å². The fourth-order valence-corrected chi connectivity index (χ4v) is 3.09. The SMILES string of the molecule is CSc1ccc(NC(=O)COC(=O)c2cnc3ccccc3c2C(F)(F)F)cc1. The molecular formula is C20H15F3N2O3S. The first kappa shape index (κ1) is 20.7. The van der Waals surface area contributed by atoms with Crippen molar-refractivity contribution < 1.29 is 27.5 Å². The highest BCUT2D eigenvalue weighted by Crippen LogP contribution is 2.37. The van der Waals surface area contributed by atoms with Crippen molar-refractivity contribution >= 4 is 40.2 Å². The molecule has 150 valence electrons. The number of thioether (sulfide) groups is 1. The largest absolute Gasteiger partial charge is 0.452 e. The van der Waals surface area contributed by atoms with Gasteiger partial charge in [0.05, 0.1) is 16.6 Å². The van der Waals surface area contributed by atoms with Crippen LogP contribution in [0, 0.1) is 0 Å². The molecule has 2 aromatic carbocycles.